The molecule has 0 aliphatic heterocycles. The molecule has 1 unspecified atom stereocenters. The number of ether oxygens (including phenoxy) is 1. The third-order valence-corrected chi connectivity index (χ3v) is 2.72. The second kappa shape index (κ2) is 8.31. The van der Waals surface area contributed by atoms with Crippen LogP contribution in [0.25, 0.3) is 0 Å². The van der Waals surface area contributed by atoms with Gasteiger partial charge in [0.25, 0.3) is 0 Å². The average Bonchev–Trinajstić information content (AvgIpc) is 2.34. The lowest BCUT2D eigenvalue weighted by atomic mass is 9.97. The summed E-state index contributed by atoms with van der Waals surface area (Å²) in [6.07, 6.45) is 3.21. The summed E-state index contributed by atoms with van der Waals surface area (Å²) in [5.74, 6) is 0.541. The van der Waals surface area contributed by atoms with Gasteiger partial charge in [0.2, 0.25) is 0 Å². The Labute approximate surface area is 98.8 Å². The van der Waals surface area contributed by atoms with Crippen molar-refractivity contribution in [3.8, 4) is 0 Å². The Kier molecular flexibility index (Phi) is 6.86. The van der Waals surface area contributed by atoms with Gasteiger partial charge in [-0.3, -0.25) is 0 Å². The van der Waals surface area contributed by atoms with Crippen LogP contribution in [0.4, 0.5) is 0 Å². The van der Waals surface area contributed by atoms with Crippen LogP contribution >= 0.6 is 0 Å². The Morgan fingerprint density at radius 1 is 1.19 bits per heavy atom. The van der Waals surface area contributed by atoms with E-state index in [2.05, 4.69) is 31.2 Å². The summed E-state index contributed by atoms with van der Waals surface area (Å²) in [7, 11) is 0. The van der Waals surface area contributed by atoms with E-state index in [0.29, 0.717) is 5.92 Å². The highest BCUT2D eigenvalue weighted by atomic mass is 16.5. The minimum atomic E-state index is 0.541. The van der Waals surface area contributed by atoms with Crippen molar-refractivity contribution in [1.82, 2.24) is 0 Å². The van der Waals surface area contributed by atoms with Crippen molar-refractivity contribution >= 4 is 0 Å². The molecule has 0 aromatic heterocycles. The van der Waals surface area contributed by atoms with Gasteiger partial charge in [0.05, 0.1) is 0 Å². The number of rotatable bonds is 8. The van der Waals surface area contributed by atoms with E-state index < -0.39 is 0 Å². The van der Waals surface area contributed by atoms with E-state index in [4.69, 9.17) is 10.5 Å². The molecule has 16 heavy (non-hydrogen) atoms. The van der Waals surface area contributed by atoms with Gasteiger partial charge in [-0.05, 0) is 37.3 Å². The normalized spacial score (nSPS) is 12.6. The van der Waals surface area contributed by atoms with Gasteiger partial charge in [-0.25, -0.2) is 0 Å². The Morgan fingerprint density at radius 2 is 1.94 bits per heavy atom. The first-order valence-electron chi connectivity index (χ1n) is 6.18. The quantitative estimate of drug-likeness (QED) is 0.685. The summed E-state index contributed by atoms with van der Waals surface area (Å²) in [5.41, 5.74) is 7.15. The van der Waals surface area contributed by atoms with E-state index in [1.54, 1.807) is 0 Å². The topological polar surface area (TPSA) is 35.2 Å². The lowest BCUT2D eigenvalue weighted by molar-refractivity contribution is 0.121. The summed E-state index contributed by atoms with van der Waals surface area (Å²) in [5, 5.41) is 0. The van der Waals surface area contributed by atoms with Crippen molar-refractivity contribution in [3.05, 3.63) is 35.9 Å². The van der Waals surface area contributed by atoms with Crippen LogP contribution in [-0.4, -0.2) is 19.8 Å². The lowest BCUT2D eigenvalue weighted by Gasteiger charge is -2.14. The first kappa shape index (κ1) is 13.2. The largest absolute Gasteiger partial charge is 0.381 e. The highest BCUT2D eigenvalue weighted by Crippen LogP contribution is 2.11. The highest BCUT2D eigenvalue weighted by molar-refractivity contribution is 5.15. The molecule has 0 heterocycles. The minimum absolute atomic E-state index is 0.541. The molecule has 0 spiro atoms. The van der Waals surface area contributed by atoms with E-state index in [-0.39, 0.29) is 0 Å². The molecule has 0 aliphatic rings. The highest BCUT2D eigenvalue weighted by Gasteiger charge is 2.07. The van der Waals surface area contributed by atoms with Crippen molar-refractivity contribution < 1.29 is 4.74 Å². The van der Waals surface area contributed by atoms with E-state index in [0.717, 1.165) is 39.0 Å². The smallest absolute Gasteiger partial charge is 0.0469 e. The Hall–Kier alpha value is -0.860. The van der Waals surface area contributed by atoms with Gasteiger partial charge in [-0.2, -0.15) is 0 Å². The maximum Gasteiger partial charge on any atom is 0.0469 e. The molecule has 0 fully saturated rings. The Balaban J connectivity index is 2.26. The Morgan fingerprint density at radius 3 is 2.56 bits per heavy atom. The maximum atomic E-state index is 5.78. The Bertz CT molecular complexity index is 261. The van der Waals surface area contributed by atoms with E-state index >= 15 is 0 Å². The molecule has 2 nitrogen and oxygen atoms in total. The second-order valence-electron chi connectivity index (χ2n) is 4.19. The first-order valence-corrected chi connectivity index (χ1v) is 6.18. The van der Waals surface area contributed by atoms with Crippen molar-refractivity contribution in [3.63, 3.8) is 0 Å². The van der Waals surface area contributed by atoms with Gasteiger partial charge in [-0.1, -0.05) is 37.3 Å². The molecule has 0 amide bonds. The van der Waals surface area contributed by atoms with Crippen LogP contribution in [0.5, 0.6) is 0 Å². The van der Waals surface area contributed by atoms with Crippen LogP contribution in [-0.2, 0) is 11.2 Å². The molecule has 0 saturated carbocycles. The third kappa shape index (κ3) is 5.29. The van der Waals surface area contributed by atoms with Crippen LogP contribution in [0.15, 0.2) is 30.3 Å². The molecule has 0 saturated heterocycles. The molecule has 1 atom stereocenters. The van der Waals surface area contributed by atoms with Gasteiger partial charge in [0.1, 0.15) is 0 Å². The predicted octanol–water partition coefficient (Wildman–Crippen LogP) is 2.62. The summed E-state index contributed by atoms with van der Waals surface area (Å²) >= 11 is 0. The molecular formula is C14H23NO. The average molecular weight is 221 g/mol. The SMILES string of the molecule is CCCOCCC(CN)Cc1ccccc1. The lowest BCUT2D eigenvalue weighted by Crippen LogP contribution is -2.19. The van der Waals surface area contributed by atoms with Crippen molar-refractivity contribution in [2.24, 2.45) is 11.7 Å². The molecule has 0 aliphatic carbocycles. The standard InChI is InChI=1S/C14H23NO/c1-2-9-16-10-8-14(12-15)11-13-6-4-3-5-7-13/h3-7,14H,2,8-12,15H2,1H3. The summed E-state index contributed by atoms with van der Waals surface area (Å²) < 4.78 is 5.50. The van der Waals surface area contributed by atoms with E-state index in [9.17, 15) is 0 Å². The number of nitrogens with two attached hydrogens (primary N) is 1. The van der Waals surface area contributed by atoms with Gasteiger partial charge >= 0.3 is 0 Å². The molecule has 2 N–H and O–H groups in total. The number of hydrogen-bond donors (Lipinski definition) is 1. The first-order chi connectivity index (χ1) is 7.86. The molecule has 2 heteroatoms. The molecule has 90 valence electrons. The van der Waals surface area contributed by atoms with Gasteiger partial charge in [0, 0.05) is 13.2 Å². The van der Waals surface area contributed by atoms with Crippen molar-refractivity contribution in [1.29, 1.82) is 0 Å². The minimum Gasteiger partial charge on any atom is -0.381 e. The molecule has 0 radical (unpaired) electrons. The predicted molar refractivity (Wildman–Crippen MR) is 68.4 cm³/mol. The fourth-order valence-corrected chi connectivity index (χ4v) is 1.75. The number of benzene rings is 1. The fourth-order valence-electron chi connectivity index (χ4n) is 1.75. The van der Waals surface area contributed by atoms with E-state index in [1.165, 1.54) is 5.56 Å². The number of hydrogen-bond acceptors (Lipinski definition) is 2. The molecule has 1 rings (SSSR count). The zero-order chi connectivity index (χ0) is 11.6. The van der Waals surface area contributed by atoms with Crippen molar-refractivity contribution in [2.45, 2.75) is 26.2 Å². The van der Waals surface area contributed by atoms with Crippen LogP contribution in [0.3, 0.4) is 0 Å². The monoisotopic (exact) mass is 221 g/mol. The molecule has 0 bridgehead atoms. The molecule has 1 aromatic rings. The molecule has 1 aromatic carbocycles. The van der Waals surface area contributed by atoms with E-state index in [1.807, 2.05) is 6.07 Å². The van der Waals surface area contributed by atoms with Crippen LogP contribution < -0.4 is 5.73 Å². The van der Waals surface area contributed by atoms with Crippen LogP contribution in [0.1, 0.15) is 25.3 Å². The summed E-state index contributed by atoms with van der Waals surface area (Å²) in [6.45, 7) is 4.57. The zero-order valence-corrected chi connectivity index (χ0v) is 10.2. The summed E-state index contributed by atoms with van der Waals surface area (Å²) in [4.78, 5) is 0. The van der Waals surface area contributed by atoms with Crippen molar-refractivity contribution in [2.75, 3.05) is 19.8 Å². The van der Waals surface area contributed by atoms with Gasteiger partial charge in [0.15, 0.2) is 0 Å². The fraction of sp³-hybridized carbons (Fsp3) is 0.571. The molecular weight excluding hydrogens is 198 g/mol. The zero-order valence-electron chi connectivity index (χ0n) is 10.2. The second-order valence-corrected chi connectivity index (χ2v) is 4.19. The summed E-state index contributed by atoms with van der Waals surface area (Å²) in [6, 6.07) is 10.5. The van der Waals surface area contributed by atoms with Gasteiger partial charge in [-0.15, -0.1) is 0 Å². The van der Waals surface area contributed by atoms with Crippen LogP contribution in [0, 0.1) is 5.92 Å². The maximum absolute atomic E-state index is 5.78. The van der Waals surface area contributed by atoms with Gasteiger partial charge < -0.3 is 10.5 Å². The van der Waals surface area contributed by atoms with Crippen LogP contribution in [0.2, 0.25) is 0 Å². The third-order valence-electron chi connectivity index (χ3n) is 2.72.